The first kappa shape index (κ1) is 15.4. The molecule has 0 bridgehead atoms. The van der Waals surface area contributed by atoms with Gasteiger partial charge in [0.1, 0.15) is 5.82 Å². The molecular weight excluding hydrogens is 257 g/mol. The Labute approximate surface area is 120 Å². The Kier molecular flexibility index (Phi) is 5.52. The smallest absolute Gasteiger partial charge is 0.123 e. The third-order valence-corrected chi connectivity index (χ3v) is 4.28. The van der Waals surface area contributed by atoms with Gasteiger partial charge in [0, 0.05) is 31.7 Å². The summed E-state index contributed by atoms with van der Waals surface area (Å²) in [7, 11) is 0. The number of hydrogen-bond acceptors (Lipinski definition) is 3. The molecular formula is C16H24FNO2. The van der Waals surface area contributed by atoms with Crippen LogP contribution in [0.2, 0.25) is 0 Å². The largest absolute Gasteiger partial charge is 0.396 e. The van der Waals surface area contributed by atoms with Gasteiger partial charge >= 0.3 is 0 Å². The number of rotatable bonds is 6. The van der Waals surface area contributed by atoms with Crippen molar-refractivity contribution in [2.45, 2.75) is 25.7 Å². The third kappa shape index (κ3) is 4.01. The fourth-order valence-electron chi connectivity index (χ4n) is 2.66. The van der Waals surface area contributed by atoms with E-state index >= 15 is 0 Å². The second-order valence-electron chi connectivity index (χ2n) is 5.85. The van der Waals surface area contributed by atoms with Crippen molar-refractivity contribution in [3.8, 4) is 0 Å². The zero-order chi connectivity index (χ0) is 14.4. The minimum Gasteiger partial charge on any atom is -0.396 e. The van der Waals surface area contributed by atoms with Crippen LogP contribution in [0, 0.1) is 11.2 Å². The van der Waals surface area contributed by atoms with Crippen LogP contribution in [-0.2, 0) is 4.74 Å². The molecule has 4 heteroatoms. The van der Waals surface area contributed by atoms with Gasteiger partial charge in [0.05, 0.1) is 6.61 Å². The van der Waals surface area contributed by atoms with E-state index in [4.69, 9.17) is 4.74 Å². The van der Waals surface area contributed by atoms with Gasteiger partial charge in [0.15, 0.2) is 0 Å². The molecule has 1 heterocycles. The fourth-order valence-corrected chi connectivity index (χ4v) is 2.66. The van der Waals surface area contributed by atoms with Gasteiger partial charge in [0.2, 0.25) is 0 Å². The maximum absolute atomic E-state index is 12.9. The molecule has 1 aromatic carbocycles. The summed E-state index contributed by atoms with van der Waals surface area (Å²) in [5, 5.41) is 13.1. The van der Waals surface area contributed by atoms with E-state index in [0.717, 1.165) is 44.7 Å². The first-order chi connectivity index (χ1) is 9.65. The highest BCUT2D eigenvalue weighted by atomic mass is 19.1. The molecule has 112 valence electrons. The number of aliphatic hydroxyl groups excluding tert-OH is 1. The van der Waals surface area contributed by atoms with Gasteiger partial charge in [-0.05, 0) is 36.5 Å². The van der Waals surface area contributed by atoms with E-state index in [1.807, 2.05) is 12.1 Å². The molecule has 1 unspecified atom stereocenters. The highest BCUT2D eigenvalue weighted by molar-refractivity contribution is 5.20. The summed E-state index contributed by atoms with van der Waals surface area (Å²) in [6, 6.07) is 6.66. The Morgan fingerprint density at radius 1 is 1.30 bits per heavy atom. The molecule has 0 spiro atoms. The van der Waals surface area contributed by atoms with Crippen molar-refractivity contribution >= 4 is 0 Å². The van der Waals surface area contributed by atoms with Gasteiger partial charge in [-0.25, -0.2) is 4.39 Å². The van der Waals surface area contributed by atoms with Crippen LogP contribution < -0.4 is 5.32 Å². The van der Waals surface area contributed by atoms with E-state index in [1.165, 1.54) is 12.1 Å². The minimum atomic E-state index is -0.199. The second kappa shape index (κ2) is 7.16. The minimum absolute atomic E-state index is 0.0409. The zero-order valence-electron chi connectivity index (χ0n) is 12.1. The van der Waals surface area contributed by atoms with Crippen LogP contribution in [0.15, 0.2) is 24.3 Å². The normalized spacial score (nSPS) is 19.8. The Balaban J connectivity index is 1.81. The number of nitrogens with one attached hydrogen (secondary N) is 1. The molecule has 1 atom stereocenters. The Morgan fingerprint density at radius 3 is 2.55 bits per heavy atom. The number of hydrogen-bond donors (Lipinski definition) is 2. The molecule has 0 radical (unpaired) electrons. The Hall–Kier alpha value is -0.970. The van der Waals surface area contributed by atoms with E-state index in [9.17, 15) is 9.50 Å². The van der Waals surface area contributed by atoms with Crippen LogP contribution >= 0.6 is 0 Å². The molecule has 0 amide bonds. The third-order valence-electron chi connectivity index (χ3n) is 4.28. The molecule has 0 saturated carbocycles. The van der Waals surface area contributed by atoms with Gasteiger partial charge in [0.25, 0.3) is 0 Å². The lowest BCUT2D eigenvalue weighted by Crippen LogP contribution is -2.42. The summed E-state index contributed by atoms with van der Waals surface area (Å²) in [6.45, 7) is 5.42. The zero-order valence-corrected chi connectivity index (χ0v) is 12.1. The molecule has 1 aliphatic heterocycles. The van der Waals surface area contributed by atoms with Crippen LogP contribution in [-0.4, -0.2) is 38.0 Å². The van der Waals surface area contributed by atoms with Gasteiger partial charge in [-0.3, -0.25) is 0 Å². The second-order valence-corrected chi connectivity index (χ2v) is 5.85. The Morgan fingerprint density at radius 2 is 1.95 bits per heavy atom. The monoisotopic (exact) mass is 281 g/mol. The van der Waals surface area contributed by atoms with Gasteiger partial charge < -0.3 is 15.2 Å². The summed E-state index contributed by atoms with van der Waals surface area (Å²) in [5.41, 5.74) is 1.09. The fraction of sp³-hybridized carbons (Fsp3) is 0.625. The lowest BCUT2D eigenvalue weighted by molar-refractivity contribution is -0.0152. The highest BCUT2D eigenvalue weighted by Crippen LogP contribution is 2.29. The van der Waals surface area contributed by atoms with Gasteiger partial charge in [-0.2, -0.15) is 0 Å². The maximum Gasteiger partial charge on any atom is 0.123 e. The first-order valence-electron chi connectivity index (χ1n) is 7.30. The molecule has 0 aliphatic carbocycles. The Bertz CT molecular complexity index is 401. The van der Waals surface area contributed by atoms with Gasteiger partial charge in [-0.1, -0.05) is 19.1 Å². The standard InChI is InChI=1S/C16H24FNO2/c1-13(14-2-4-15(17)5-3-14)10-18-11-16(12-19)6-8-20-9-7-16/h2-5,13,18-19H,6-12H2,1H3. The van der Waals surface area contributed by atoms with Crippen molar-refractivity contribution in [3.63, 3.8) is 0 Å². The van der Waals surface area contributed by atoms with Crippen LogP contribution in [0.4, 0.5) is 4.39 Å². The molecule has 1 saturated heterocycles. The predicted molar refractivity (Wildman–Crippen MR) is 77.3 cm³/mol. The van der Waals surface area contributed by atoms with Crippen molar-refractivity contribution < 1.29 is 14.2 Å². The summed E-state index contributed by atoms with van der Waals surface area (Å²) < 4.78 is 18.2. The molecule has 2 rings (SSSR count). The average Bonchev–Trinajstić information content (AvgIpc) is 2.49. The molecule has 1 aliphatic rings. The number of aliphatic hydroxyl groups is 1. The van der Waals surface area contributed by atoms with Gasteiger partial charge in [-0.15, -0.1) is 0 Å². The van der Waals surface area contributed by atoms with Crippen molar-refractivity contribution in [1.82, 2.24) is 5.32 Å². The summed E-state index contributed by atoms with van der Waals surface area (Å²) >= 11 is 0. The highest BCUT2D eigenvalue weighted by Gasteiger charge is 2.31. The topological polar surface area (TPSA) is 41.5 Å². The van der Waals surface area contributed by atoms with E-state index in [1.54, 1.807) is 0 Å². The average molecular weight is 281 g/mol. The number of ether oxygens (including phenoxy) is 1. The lowest BCUT2D eigenvalue weighted by Gasteiger charge is -2.36. The van der Waals surface area contributed by atoms with E-state index in [0.29, 0.717) is 5.92 Å². The first-order valence-corrected chi connectivity index (χ1v) is 7.30. The number of halogens is 1. The van der Waals surface area contributed by atoms with Crippen LogP contribution in [0.25, 0.3) is 0 Å². The maximum atomic E-state index is 12.9. The van der Waals surface area contributed by atoms with E-state index in [-0.39, 0.29) is 17.8 Å². The molecule has 0 aromatic heterocycles. The van der Waals surface area contributed by atoms with E-state index < -0.39 is 0 Å². The van der Waals surface area contributed by atoms with Crippen molar-refractivity contribution in [3.05, 3.63) is 35.6 Å². The SMILES string of the molecule is CC(CNCC1(CO)CCOCC1)c1ccc(F)cc1. The quantitative estimate of drug-likeness (QED) is 0.841. The van der Waals surface area contributed by atoms with Crippen LogP contribution in [0.1, 0.15) is 31.2 Å². The van der Waals surface area contributed by atoms with Crippen molar-refractivity contribution in [1.29, 1.82) is 0 Å². The molecule has 1 fully saturated rings. The van der Waals surface area contributed by atoms with Crippen molar-refractivity contribution in [2.75, 3.05) is 32.9 Å². The number of benzene rings is 1. The predicted octanol–water partition coefficient (Wildman–Crippen LogP) is 2.31. The van der Waals surface area contributed by atoms with Crippen LogP contribution in [0.5, 0.6) is 0 Å². The lowest BCUT2D eigenvalue weighted by atomic mass is 9.81. The van der Waals surface area contributed by atoms with E-state index in [2.05, 4.69) is 12.2 Å². The molecule has 20 heavy (non-hydrogen) atoms. The van der Waals surface area contributed by atoms with Crippen LogP contribution in [0.3, 0.4) is 0 Å². The molecule has 3 nitrogen and oxygen atoms in total. The summed E-state index contributed by atoms with van der Waals surface area (Å²) in [6.07, 6.45) is 1.81. The summed E-state index contributed by atoms with van der Waals surface area (Å²) in [4.78, 5) is 0. The van der Waals surface area contributed by atoms with Crippen molar-refractivity contribution in [2.24, 2.45) is 5.41 Å². The summed E-state index contributed by atoms with van der Waals surface area (Å²) in [5.74, 6) is 0.126. The molecule has 1 aromatic rings. The molecule has 2 N–H and O–H groups in total.